The minimum Gasteiger partial charge on any atom is -0.481 e. The first-order chi connectivity index (χ1) is 10.1. The van der Waals surface area contributed by atoms with Crippen molar-refractivity contribution in [1.29, 1.82) is 0 Å². The number of hydrogen-bond acceptors (Lipinski definition) is 2. The van der Waals surface area contributed by atoms with Gasteiger partial charge in [-0.25, -0.2) is 4.79 Å². The van der Waals surface area contributed by atoms with Crippen molar-refractivity contribution in [3.05, 3.63) is 35.9 Å². The standard InChI is InChI=1S/C16H24N2O3/c1-3-12(4-2)15(13-8-6-5-7-9-13)18-16(21)17-11-10-14(19)20/h5-9,12,15H,3-4,10-11H2,1-2H3,(H,19,20)(H2,17,18,21). The summed E-state index contributed by atoms with van der Waals surface area (Å²) in [5.41, 5.74) is 1.07. The molecule has 1 unspecified atom stereocenters. The van der Waals surface area contributed by atoms with Gasteiger partial charge in [-0.2, -0.15) is 0 Å². The molecule has 0 aromatic heterocycles. The van der Waals surface area contributed by atoms with Crippen LogP contribution in [0.1, 0.15) is 44.7 Å². The first-order valence-electron chi connectivity index (χ1n) is 7.39. The van der Waals surface area contributed by atoms with Gasteiger partial charge in [0.25, 0.3) is 0 Å². The van der Waals surface area contributed by atoms with Gasteiger partial charge in [-0.15, -0.1) is 0 Å². The lowest BCUT2D eigenvalue weighted by atomic mass is 9.89. The molecular weight excluding hydrogens is 268 g/mol. The summed E-state index contributed by atoms with van der Waals surface area (Å²) in [5.74, 6) is -0.576. The van der Waals surface area contributed by atoms with Gasteiger partial charge in [-0.05, 0) is 11.5 Å². The van der Waals surface area contributed by atoms with E-state index >= 15 is 0 Å². The third kappa shape index (κ3) is 5.85. The van der Waals surface area contributed by atoms with Crippen LogP contribution in [-0.2, 0) is 4.79 Å². The minimum atomic E-state index is -0.921. The van der Waals surface area contributed by atoms with E-state index in [1.165, 1.54) is 0 Å². The molecule has 0 aliphatic heterocycles. The third-order valence-corrected chi connectivity index (χ3v) is 3.59. The number of nitrogens with one attached hydrogen (secondary N) is 2. The lowest BCUT2D eigenvalue weighted by Gasteiger charge is -2.27. The Balaban J connectivity index is 2.69. The normalized spacial score (nSPS) is 12.0. The van der Waals surface area contributed by atoms with E-state index in [0.717, 1.165) is 18.4 Å². The van der Waals surface area contributed by atoms with Crippen molar-refractivity contribution in [1.82, 2.24) is 10.6 Å². The third-order valence-electron chi connectivity index (χ3n) is 3.59. The summed E-state index contributed by atoms with van der Waals surface area (Å²) in [6.07, 6.45) is 1.85. The smallest absolute Gasteiger partial charge is 0.315 e. The number of carbonyl (C=O) groups excluding carboxylic acids is 1. The fourth-order valence-electron chi connectivity index (χ4n) is 2.37. The van der Waals surface area contributed by atoms with Gasteiger partial charge in [0.2, 0.25) is 0 Å². The first-order valence-corrected chi connectivity index (χ1v) is 7.39. The molecule has 1 rings (SSSR count). The molecule has 1 atom stereocenters. The number of hydrogen-bond donors (Lipinski definition) is 3. The Hall–Kier alpha value is -2.04. The highest BCUT2D eigenvalue weighted by Crippen LogP contribution is 2.27. The highest BCUT2D eigenvalue weighted by molar-refractivity contribution is 5.75. The van der Waals surface area contributed by atoms with Crippen molar-refractivity contribution in [3.8, 4) is 0 Å². The van der Waals surface area contributed by atoms with Crippen LogP contribution in [0.3, 0.4) is 0 Å². The summed E-state index contributed by atoms with van der Waals surface area (Å²) in [5, 5.41) is 14.1. The van der Waals surface area contributed by atoms with Gasteiger partial charge in [0, 0.05) is 6.54 Å². The van der Waals surface area contributed by atoms with Crippen LogP contribution < -0.4 is 10.6 Å². The van der Waals surface area contributed by atoms with Gasteiger partial charge in [0.1, 0.15) is 0 Å². The van der Waals surface area contributed by atoms with Crippen LogP contribution in [0.4, 0.5) is 4.79 Å². The molecule has 0 aliphatic rings. The second-order valence-corrected chi connectivity index (χ2v) is 5.01. The number of urea groups is 1. The van der Waals surface area contributed by atoms with Crippen LogP contribution in [0.25, 0.3) is 0 Å². The molecule has 0 radical (unpaired) electrons. The van der Waals surface area contributed by atoms with Crippen LogP contribution in [0.2, 0.25) is 0 Å². The SMILES string of the molecule is CCC(CC)C(NC(=O)NCCC(=O)O)c1ccccc1. The number of aliphatic carboxylic acids is 1. The molecule has 0 bridgehead atoms. The fraction of sp³-hybridized carbons (Fsp3) is 0.500. The summed E-state index contributed by atoms with van der Waals surface area (Å²) in [6, 6.07) is 9.47. The number of carbonyl (C=O) groups is 2. The molecule has 5 heteroatoms. The van der Waals surface area contributed by atoms with Crippen LogP contribution in [0, 0.1) is 5.92 Å². The maximum Gasteiger partial charge on any atom is 0.315 e. The van der Waals surface area contributed by atoms with E-state index in [9.17, 15) is 9.59 Å². The van der Waals surface area contributed by atoms with Crippen molar-refractivity contribution in [2.24, 2.45) is 5.92 Å². The van der Waals surface area contributed by atoms with Gasteiger partial charge in [0.15, 0.2) is 0 Å². The molecule has 116 valence electrons. The number of rotatable bonds is 8. The van der Waals surface area contributed by atoms with E-state index in [1.807, 2.05) is 30.3 Å². The van der Waals surface area contributed by atoms with Gasteiger partial charge in [0.05, 0.1) is 12.5 Å². The number of carboxylic acids is 1. The highest BCUT2D eigenvalue weighted by Gasteiger charge is 2.22. The minimum absolute atomic E-state index is 0.0639. The first kappa shape index (κ1) is 17.0. The monoisotopic (exact) mass is 292 g/mol. The fourth-order valence-corrected chi connectivity index (χ4v) is 2.37. The molecule has 0 aliphatic carbocycles. The molecule has 0 saturated heterocycles. The molecule has 1 aromatic carbocycles. The van der Waals surface area contributed by atoms with Crippen molar-refractivity contribution in [3.63, 3.8) is 0 Å². The van der Waals surface area contributed by atoms with Crippen LogP contribution in [0.5, 0.6) is 0 Å². The molecule has 2 amide bonds. The van der Waals surface area contributed by atoms with Crippen molar-refractivity contribution < 1.29 is 14.7 Å². The molecule has 3 N–H and O–H groups in total. The summed E-state index contributed by atoms with van der Waals surface area (Å²) >= 11 is 0. The summed E-state index contributed by atoms with van der Waals surface area (Å²) < 4.78 is 0. The Morgan fingerprint density at radius 3 is 2.29 bits per heavy atom. The average molecular weight is 292 g/mol. The molecular formula is C16H24N2O3. The Labute approximate surface area is 125 Å². The topological polar surface area (TPSA) is 78.4 Å². The molecule has 5 nitrogen and oxygen atoms in total. The second kappa shape index (κ2) is 9.00. The Bertz CT molecular complexity index is 444. The zero-order valence-electron chi connectivity index (χ0n) is 12.6. The lowest BCUT2D eigenvalue weighted by molar-refractivity contribution is -0.136. The van der Waals surface area contributed by atoms with Crippen LogP contribution in [0.15, 0.2) is 30.3 Å². The number of benzene rings is 1. The zero-order chi connectivity index (χ0) is 15.7. The lowest BCUT2D eigenvalue weighted by Crippen LogP contribution is -2.41. The van der Waals surface area contributed by atoms with Crippen molar-refractivity contribution in [2.45, 2.75) is 39.2 Å². The average Bonchev–Trinajstić information content (AvgIpc) is 2.48. The van der Waals surface area contributed by atoms with Gasteiger partial charge in [-0.3, -0.25) is 4.79 Å². The maximum atomic E-state index is 11.9. The summed E-state index contributed by atoms with van der Waals surface area (Å²) in [4.78, 5) is 22.4. The van der Waals surface area contributed by atoms with Crippen molar-refractivity contribution in [2.75, 3.05) is 6.54 Å². The van der Waals surface area contributed by atoms with E-state index in [1.54, 1.807) is 0 Å². The predicted octanol–water partition coefficient (Wildman–Crippen LogP) is 2.94. The maximum absolute atomic E-state index is 11.9. The number of amides is 2. The molecule has 21 heavy (non-hydrogen) atoms. The largest absolute Gasteiger partial charge is 0.481 e. The quantitative estimate of drug-likeness (QED) is 0.689. The van der Waals surface area contributed by atoms with Crippen LogP contribution >= 0.6 is 0 Å². The number of carboxylic acid groups (broad SMARTS) is 1. The van der Waals surface area contributed by atoms with Gasteiger partial charge in [-0.1, -0.05) is 57.0 Å². The van der Waals surface area contributed by atoms with E-state index < -0.39 is 5.97 Å². The van der Waals surface area contributed by atoms with E-state index in [0.29, 0.717) is 5.92 Å². The van der Waals surface area contributed by atoms with E-state index in [4.69, 9.17) is 5.11 Å². The second-order valence-electron chi connectivity index (χ2n) is 5.01. The molecule has 1 aromatic rings. The van der Waals surface area contributed by atoms with Gasteiger partial charge >= 0.3 is 12.0 Å². The predicted molar refractivity (Wildman–Crippen MR) is 82.0 cm³/mol. The molecule has 0 fully saturated rings. The Morgan fingerprint density at radius 2 is 1.76 bits per heavy atom. The van der Waals surface area contributed by atoms with E-state index in [2.05, 4.69) is 24.5 Å². The molecule has 0 saturated carbocycles. The van der Waals surface area contributed by atoms with Crippen LogP contribution in [-0.4, -0.2) is 23.7 Å². The zero-order valence-corrected chi connectivity index (χ0v) is 12.6. The molecule has 0 spiro atoms. The van der Waals surface area contributed by atoms with Gasteiger partial charge < -0.3 is 15.7 Å². The van der Waals surface area contributed by atoms with E-state index in [-0.39, 0.29) is 25.0 Å². The summed E-state index contributed by atoms with van der Waals surface area (Å²) in [6.45, 7) is 4.34. The molecule has 0 heterocycles. The highest BCUT2D eigenvalue weighted by atomic mass is 16.4. The summed E-state index contributed by atoms with van der Waals surface area (Å²) in [7, 11) is 0. The Kier molecular flexibility index (Phi) is 7.29. The van der Waals surface area contributed by atoms with Crippen molar-refractivity contribution >= 4 is 12.0 Å². The Morgan fingerprint density at radius 1 is 1.14 bits per heavy atom.